The van der Waals surface area contributed by atoms with Gasteiger partial charge in [-0.15, -0.1) is 0 Å². The summed E-state index contributed by atoms with van der Waals surface area (Å²) < 4.78 is 5.30. The number of anilines is 1. The molecule has 5 nitrogen and oxygen atoms in total. The van der Waals surface area contributed by atoms with Crippen molar-refractivity contribution in [3.05, 3.63) is 53.1 Å². The van der Waals surface area contributed by atoms with Gasteiger partial charge in [-0.3, -0.25) is 0 Å². The molecule has 27 heavy (non-hydrogen) atoms. The number of fused-ring (bicyclic) bond motifs is 1. The van der Waals surface area contributed by atoms with Crippen LogP contribution in [0.5, 0.6) is 5.75 Å². The van der Waals surface area contributed by atoms with Gasteiger partial charge >= 0.3 is 6.16 Å². The molecular formula is C21H19ClN2O3. The standard InChI is InChI=1S/C21H19ClN2O3/c1-13-11-15(22)12-16-17(14-7-3-2-4-8-14)19(27-21(25)26)20(23-18(13)16)24-9-5-6-10-24/h2-4,7-8,11-12H,5-6,9-10H2,1H3,(H,25,26). The second kappa shape index (κ2) is 7.08. The number of pyridine rings is 1. The van der Waals surface area contributed by atoms with Crippen LogP contribution >= 0.6 is 11.6 Å². The highest BCUT2D eigenvalue weighted by molar-refractivity contribution is 6.31. The van der Waals surface area contributed by atoms with E-state index in [0.29, 0.717) is 16.4 Å². The molecule has 3 aromatic rings. The molecule has 0 saturated carbocycles. The van der Waals surface area contributed by atoms with E-state index in [4.69, 9.17) is 21.3 Å². The lowest BCUT2D eigenvalue weighted by atomic mass is 9.98. The Morgan fingerprint density at radius 3 is 2.56 bits per heavy atom. The Balaban J connectivity index is 2.11. The predicted molar refractivity (Wildman–Crippen MR) is 107 cm³/mol. The summed E-state index contributed by atoms with van der Waals surface area (Å²) in [5.74, 6) is 0.844. The van der Waals surface area contributed by atoms with E-state index in [-0.39, 0.29) is 5.75 Å². The van der Waals surface area contributed by atoms with E-state index >= 15 is 0 Å². The van der Waals surface area contributed by atoms with Crippen LogP contribution in [0.3, 0.4) is 0 Å². The zero-order valence-electron chi connectivity index (χ0n) is 14.9. The van der Waals surface area contributed by atoms with Crippen molar-refractivity contribution in [2.45, 2.75) is 19.8 Å². The van der Waals surface area contributed by atoms with Crippen LogP contribution in [0.15, 0.2) is 42.5 Å². The molecule has 1 aromatic heterocycles. The maximum Gasteiger partial charge on any atom is 0.511 e. The molecule has 0 unspecified atom stereocenters. The summed E-state index contributed by atoms with van der Waals surface area (Å²) >= 11 is 6.31. The molecule has 6 heteroatoms. The lowest BCUT2D eigenvalue weighted by molar-refractivity contribution is 0.144. The molecule has 0 atom stereocenters. The first-order valence-corrected chi connectivity index (χ1v) is 9.27. The van der Waals surface area contributed by atoms with Crippen LogP contribution in [-0.4, -0.2) is 29.3 Å². The van der Waals surface area contributed by atoms with Crippen LogP contribution in [0.2, 0.25) is 5.02 Å². The van der Waals surface area contributed by atoms with Gasteiger partial charge in [-0.25, -0.2) is 9.78 Å². The molecular weight excluding hydrogens is 364 g/mol. The first-order chi connectivity index (χ1) is 13.0. The fraction of sp³-hybridized carbons (Fsp3) is 0.238. The van der Waals surface area contributed by atoms with Crippen molar-refractivity contribution >= 4 is 34.5 Å². The zero-order valence-corrected chi connectivity index (χ0v) is 15.7. The molecule has 1 fully saturated rings. The Morgan fingerprint density at radius 1 is 1.19 bits per heavy atom. The van der Waals surface area contributed by atoms with Crippen molar-refractivity contribution in [1.82, 2.24) is 4.98 Å². The van der Waals surface area contributed by atoms with Crippen LogP contribution in [0.4, 0.5) is 10.6 Å². The highest BCUT2D eigenvalue weighted by Crippen LogP contribution is 2.44. The number of benzene rings is 2. The Hall–Kier alpha value is -2.79. The minimum absolute atomic E-state index is 0.268. The number of carboxylic acid groups (broad SMARTS) is 1. The number of hydrogen-bond acceptors (Lipinski definition) is 4. The smallest absolute Gasteiger partial charge is 0.449 e. The van der Waals surface area contributed by atoms with Crippen molar-refractivity contribution in [2.24, 2.45) is 0 Å². The SMILES string of the molecule is Cc1cc(Cl)cc2c(-c3ccccc3)c(OC(=O)O)c(N3CCCC3)nc12. The van der Waals surface area contributed by atoms with Crippen LogP contribution in [0.25, 0.3) is 22.0 Å². The van der Waals surface area contributed by atoms with E-state index in [0.717, 1.165) is 48.0 Å². The Bertz CT molecular complexity index is 1020. The largest absolute Gasteiger partial charge is 0.511 e. The van der Waals surface area contributed by atoms with Crippen LogP contribution in [-0.2, 0) is 0 Å². The quantitative estimate of drug-likeness (QED) is 0.604. The highest BCUT2D eigenvalue weighted by atomic mass is 35.5. The van der Waals surface area contributed by atoms with Crippen LogP contribution in [0.1, 0.15) is 18.4 Å². The Labute approximate surface area is 162 Å². The second-order valence-electron chi connectivity index (χ2n) is 6.69. The van der Waals surface area contributed by atoms with Gasteiger partial charge in [0.1, 0.15) is 0 Å². The van der Waals surface area contributed by atoms with Gasteiger partial charge in [0, 0.05) is 29.1 Å². The van der Waals surface area contributed by atoms with Gasteiger partial charge in [0.25, 0.3) is 0 Å². The van der Waals surface area contributed by atoms with Crippen molar-refractivity contribution in [2.75, 3.05) is 18.0 Å². The molecule has 1 aliphatic heterocycles. The summed E-state index contributed by atoms with van der Waals surface area (Å²) in [7, 11) is 0. The summed E-state index contributed by atoms with van der Waals surface area (Å²) in [5, 5.41) is 10.8. The first kappa shape index (κ1) is 17.6. The molecule has 138 valence electrons. The third kappa shape index (κ3) is 3.30. The van der Waals surface area contributed by atoms with Gasteiger partial charge in [0.05, 0.1) is 5.52 Å². The molecule has 0 radical (unpaired) electrons. The zero-order chi connectivity index (χ0) is 19.0. The van der Waals surface area contributed by atoms with Gasteiger partial charge in [-0.05, 0) is 43.0 Å². The van der Waals surface area contributed by atoms with Gasteiger partial charge in [-0.1, -0.05) is 41.9 Å². The second-order valence-corrected chi connectivity index (χ2v) is 7.12. The first-order valence-electron chi connectivity index (χ1n) is 8.89. The Kier molecular flexibility index (Phi) is 4.62. The number of carbonyl (C=O) groups is 1. The molecule has 1 aliphatic rings. The molecule has 0 aliphatic carbocycles. The van der Waals surface area contributed by atoms with E-state index in [1.807, 2.05) is 49.4 Å². The number of ether oxygens (including phenoxy) is 1. The maximum atomic E-state index is 11.5. The van der Waals surface area contributed by atoms with Gasteiger partial charge < -0.3 is 14.7 Å². The lowest BCUT2D eigenvalue weighted by Gasteiger charge is -2.23. The van der Waals surface area contributed by atoms with Crippen molar-refractivity contribution < 1.29 is 14.6 Å². The molecule has 2 aromatic carbocycles. The summed E-state index contributed by atoms with van der Waals surface area (Å²) in [6.45, 7) is 3.62. The molecule has 4 rings (SSSR count). The number of rotatable bonds is 3. The Morgan fingerprint density at radius 2 is 1.89 bits per heavy atom. The predicted octanol–water partition coefficient (Wildman–Crippen LogP) is 5.52. The number of nitrogens with zero attached hydrogens (tertiary/aromatic N) is 2. The summed E-state index contributed by atoms with van der Waals surface area (Å²) in [5.41, 5.74) is 3.31. The van der Waals surface area contributed by atoms with Gasteiger partial charge in [0.2, 0.25) is 0 Å². The number of aryl methyl sites for hydroxylation is 1. The molecule has 0 bridgehead atoms. The monoisotopic (exact) mass is 382 g/mol. The number of halogens is 1. The van der Waals surface area contributed by atoms with E-state index in [1.54, 1.807) is 0 Å². The molecule has 1 saturated heterocycles. The summed E-state index contributed by atoms with van der Waals surface area (Å²) in [4.78, 5) is 18.4. The minimum atomic E-state index is -1.35. The molecule has 0 spiro atoms. The summed E-state index contributed by atoms with van der Waals surface area (Å²) in [6.07, 6.45) is 0.742. The van der Waals surface area contributed by atoms with Crippen molar-refractivity contribution in [3.8, 4) is 16.9 Å². The fourth-order valence-electron chi connectivity index (χ4n) is 3.68. The lowest BCUT2D eigenvalue weighted by Crippen LogP contribution is -2.21. The van der Waals surface area contributed by atoms with Crippen LogP contribution < -0.4 is 9.64 Å². The van der Waals surface area contributed by atoms with E-state index in [1.165, 1.54) is 0 Å². The minimum Gasteiger partial charge on any atom is -0.449 e. The number of aromatic nitrogens is 1. The molecule has 1 N–H and O–H groups in total. The highest BCUT2D eigenvalue weighted by Gasteiger charge is 2.26. The molecule has 0 amide bonds. The van der Waals surface area contributed by atoms with E-state index < -0.39 is 6.16 Å². The van der Waals surface area contributed by atoms with Gasteiger partial charge in [-0.2, -0.15) is 0 Å². The topological polar surface area (TPSA) is 62.7 Å². The summed E-state index contributed by atoms with van der Waals surface area (Å²) in [6, 6.07) is 13.3. The third-order valence-corrected chi connectivity index (χ3v) is 5.06. The average Bonchev–Trinajstić information content (AvgIpc) is 3.16. The van der Waals surface area contributed by atoms with E-state index in [2.05, 4.69) is 4.90 Å². The number of hydrogen-bond donors (Lipinski definition) is 1. The fourth-order valence-corrected chi connectivity index (χ4v) is 3.96. The van der Waals surface area contributed by atoms with Crippen molar-refractivity contribution in [3.63, 3.8) is 0 Å². The van der Waals surface area contributed by atoms with Crippen LogP contribution in [0, 0.1) is 6.92 Å². The maximum absolute atomic E-state index is 11.5. The van der Waals surface area contributed by atoms with Crippen molar-refractivity contribution in [1.29, 1.82) is 0 Å². The third-order valence-electron chi connectivity index (χ3n) is 4.84. The van der Waals surface area contributed by atoms with Gasteiger partial charge in [0.15, 0.2) is 11.6 Å². The molecule has 2 heterocycles. The normalized spacial score (nSPS) is 13.9. The average molecular weight is 383 g/mol. The van der Waals surface area contributed by atoms with E-state index in [9.17, 15) is 9.90 Å².